The van der Waals surface area contributed by atoms with Gasteiger partial charge >= 0.3 is 0 Å². The Morgan fingerprint density at radius 3 is 2.67 bits per heavy atom. The van der Waals surface area contributed by atoms with Gasteiger partial charge in [0.15, 0.2) is 0 Å². The van der Waals surface area contributed by atoms with E-state index in [-0.39, 0.29) is 11.9 Å². The number of guanidine groups is 1. The summed E-state index contributed by atoms with van der Waals surface area (Å²) in [5.41, 5.74) is 0. The van der Waals surface area contributed by atoms with Crippen molar-refractivity contribution >= 4 is 23.5 Å². The standard InChI is InChI=1S/C10H6ClN5O2/c11-4-1-2-5-6(3-4)13-9(12-5)16-10-14-7(17)8(18)15-10/h1-3,17-18H,(H,14,15). The van der Waals surface area contributed by atoms with Gasteiger partial charge in [-0.3, -0.25) is 4.98 Å². The van der Waals surface area contributed by atoms with E-state index in [2.05, 4.69) is 24.9 Å². The summed E-state index contributed by atoms with van der Waals surface area (Å²) in [6.07, 6.45) is 0. The highest BCUT2D eigenvalue weighted by Gasteiger charge is 2.09. The Labute approximate surface area is 105 Å². The lowest BCUT2D eigenvalue weighted by Gasteiger charge is -1.84. The number of aromatic amines is 1. The van der Waals surface area contributed by atoms with Crippen LogP contribution in [0.2, 0.25) is 5.02 Å². The summed E-state index contributed by atoms with van der Waals surface area (Å²) in [5, 5.41) is 20.0. The minimum Gasteiger partial charge on any atom is -0.491 e. The van der Waals surface area contributed by atoms with Crippen LogP contribution >= 0.6 is 11.6 Å². The van der Waals surface area contributed by atoms with Crippen LogP contribution in [0.1, 0.15) is 0 Å². The molecule has 8 heteroatoms. The second-order valence-corrected chi connectivity index (χ2v) is 3.94. The number of benzene rings is 1. The van der Waals surface area contributed by atoms with Gasteiger partial charge in [-0.1, -0.05) is 11.6 Å². The van der Waals surface area contributed by atoms with Crippen molar-refractivity contribution in [2.75, 3.05) is 0 Å². The molecule has 2 heterocycles. The van der Waals surface area contributed by atoms with Crippen molar-refractivity contribution in [3.05, 3.63) is 33.9 Å². The molecule has 1 aliphatic heterocycles. The molecular formula is C10H6ClN5O2. The first-order chi connectivity index (χ1) is 8.61. The van der Waals surface area contributed by atoms with E-state index in [1.807, 2.05) is 0 Å². The lowest BCUT2D eigenvalue weighted by molar-refractivity contribution is 0.386. The Hall–Kier alpha value is -2.41. The third-order valence-electron chi connectivity index (χ3n) is 2.24. The van der Waals surface area contributed by atoms with Gasteiger partial charge in [-0.15, -0.1) is 0 Å². The quantitative estimate of drug-likeness (QED) is 0.694. The Balaban J connectivity index is 2.06. The first kappa shape index (κ1) is 10.7. The van der Waals surface area contributed by atoms with E-state index in [0.717, 1.165) is 0 Å². The fourth-order valence-electron chi connectivity index (χ4n) is 1.46. The zero-order valence-corrected chi connectivity index (χ0v) is 9.55. The zero-order chi connectivity index (χ0) is 12.7. The summed E-state index contributed by atoms with van der Waals surface area (Å²) in [5.74, 6) is -0.784. The van der Waals surface area contributed by atoms with Crippen LogP contribution in [0.3, 0.4) is 0 Å². The van der Waals surface area contributed by atoms with Gasteiger partial charge < -0.3 is 10.2 Å². The largest absolute Gasteiger partial charge is 0.491 e. The van der Waals surface area contributed by atoms with Crippen LogP contribution in [0, 0.1) is 0 Å². The van der Waals surface area contributed by atoms with Crippen molar-refractivity contribution < 1.29 is 10.2 Å². The molecule has 90 valence electrons. The molecule has 3 rings (SSSR count). The van der Waals surface area contributed by atoms with E-state index in [4.69, 9.17) is 21.8 Å². The number of imidazole rings is 1. The van der Waals surface area contributed by atoms with Crippen LogP contribution in [0.15, 0.2) is 33.2 Å². The van der Waals surface area contributed by atoms with E-state index >= 15 is 0 Å². The fourth-order valence-corrected chi connectivity index (χ4v) is 1.63. The second-order valence-electron chi connectivity index (χ2n) is 3.50. The maximum atomic E-state index is 9.11. The molecule has 3 N–H and O–H groups in total. The highest BCUT2D eigenvalue weighted by molar-refractivity contribution is 6.30. The summed E-state index contributed by atoms with van der Waals surface area (Å²) in [6.45, 7) is 0. The highest BCUT2D eigenvalue weighted by atomic mass is 35.5. The predicted octanol–water partition coefficient (Wildman–Crippen LogP) is 0.415. The molecule has 18 heavy (non-hydrogen) atoms. The summed E-state index contributed by atoms with van der Waals surface area (Å²) in [6, 6.07) is 5.09. The van der Waals surface area contributed by atoms with E-state index in [0.29, 0.717) is 15.7 Å². The number of fused-ring (bicyclic) bond motifs is 1. The topological polar surface area (TPSA) is 106 Å². The number of hydrogen-bond donors (Lipinski definition) is 3. The summed E-state index contributed by atoms with van der Waals surface area (Å²) < 4.78 is 0. The molecule has 0 unspecified atom stereocenters. The van der Waals surface area contributed by atoms with Crippen molar-refractivity contribution in [1.29, 1.82) is 0 Å². The van der Waals surface area contributed by atoms with Gasteiger partial charge in [-0.05, 0) is 18.2 Å². The summed E-state index contributed by atoms with van der Waals surface area (Å²) in [4.78, 5) is 18.1. The smallest absolute Gasteiger partial charge is 0.276 e. The van der Waals surface area contributed by atoms with Crippen LogP contribution < -0.4 is 10.7 Å². The number of halogens is 1. The van der Waals surface area contributed by atoms with Crippen LogP contribution in [0.25, 0.3) is 0 Å². The average molecular weight is 264 g/mol. The molecule has 1 aromatic carbocycles. The third kappa shape index (κ3) is 1.80. The molecule has 0 saturated carbocycles. The molecule has 0 atom stereocenters. The van der Waals surface area contributed by atoms with E-state index in [9.17, 15) is 0 Å². The molecule has 0 radical (unpaired) electrons. The van der Waals surface area contributed by atoms with Gasteiger partial charge in [0.25, 0.3) is 17.7 Å². The molecule has 0 saturated heterocycles. The highest BCUT2D eigenvalue weighted by Crippen LogP contribution is 2.24. The van der Waals surface area contributed by atoms with Crippen LogP contribution in [0.5, 0.6) is 11.8 Å². The van der Waals surface area contributed by atoms with Crippen molar-refractivity contribution in [3.63, 3.8) is 0 Å². The maximum Gasteiger partial charge on any atom is 0.276 e. The summed E-state index contributed by atoms with van der Waals surface area (Å²) in [7, 11) is 0. The number of hydrogen-bond acceptors (Lipinski definition) is 4. The molecule has 0 fully saturated rings. The number of nitrogens with one attached hydrogen (secondary N) is 1. The third-order valence-corrected chi connectivity index (χ3v) is 2.47. The molecule has 1 aromatic heterocycles. The monoisotopic (exact) mass is 263 g/mol. The van der Waals surface area contributed by atoms with Crippen molar-refractivity contribution in [2.24, 2.45) is 15.0 Å². The van der Waals surface area contributed by atoms with E-state index < -0.39 is 11.8 Å². The number of aromatic nitrogens is 2. The number of rotatable bonds is 1. The average Bonchev–Trinajstić information content (AvgIpc) is 2.82. The fraction of sp³-hybridized carbons (Fsp3) is 0. The minimum absolute atomic E-state index is 0.0198. The normalized spacial score (nSPS) is 15.3. The van der Waals surface area contributed by atoms with Crippen molar-refractivity contribution in [2.45, 2.75) is 0 Å². The number of aromatic hydroxyl groups is 2. The van der Waals surface area contributed by atoms with Gasteiger partial charge in [-0.2, -0.15) is 9.98 Å². The maximum absolute atomic E-state index is 9.11. The lowest BCUT2D eigenvalue weighted by Crippen LogP contribution is -2.20. The summed E-state index contributed by atoms with van der Waals surface area (Å²) >= 11 is 5.83. The first-order valence-electron chi connectivity index (χ1n) is 4.91. The number of nitrogens with zero attached hydrogens (tertiary/aromatic N) is 4. The van der Waals surface area contributed by atoms with E-state index in [1.165, 1.54) is 0 Å². The molecule has 0 aliphatic carbocycles. The van der Waals surface area contributed by atoms with Crippen LogP contribution in [-0.4, -0.2) is 26.1 Å². The second kappa shape index (κ2) is 3.81. The Bertz CT molecular complexity index is 761. The first-order valence-corrected chi connectivity index (χ1v) is 5.29. The Morgan fingerprint density at radius 2 is 1.94 bits per heavy atom. The molecule has 0 spiro atoms. The van der Waals surface area contributed by atoms with Crippen LogP contribution in [0.4, 0.5) is 5.95 Å². The molecule has 7 nitrogen and oxygen atoms in total. The van der Waals surface area contributed by atoms with Gasteiger partial charge in [-0.25, -0.2) is 9.98 Å². The van der Waals surface area contributed by atoms with Gasteiger partial charge in [0, 0.05) is 5.02 Å². The van der Waals surface area contributed by atoms with Gasteiger partial charge in [0.1, 0.15) is 0 Å². The van der Waals surface area contributed by atoms with E-state index in [1.54, 1.807) is 18.2 Å². The zero-order valence-electron chi connectivity index (χ0n) is 8.79. The van der Waals surface area contributed by atoms with Crippen molar-refractivity contribution in [1.82, 2.24) is 9.97 Å². The SMILES string of the molecule is Oc1nc(N=C2N=c3ccc(Cl)cc3=N2)[nH]c1O. The molecular weight excluding hydrogens is 258 g/mol. The van der Waals surface area contributed by atoms with Gasteiger partial charge in [0.2, 0.25) is 5.95 Å². The van der Waals surface area contributed by atoms with Crippen LogP contribution in [-0.2, 0) is 0 Å². The number of H-pyrrole nitrogens is 1. The van der Waals surface area contributed by atoms with Gasteiger partial charge in [0.05, 0.1) is 10.7 Å². The molecule has 0 amide bonds. The molecule has 2 aromatic rings. The predicted molar refractivity (Wildman–Crippen MR) is 62.8 cm³/mol. The Morgan fingerprint density at radius 1 is 1.17 bits per heavy atom. The number of aliphatic imine (C=N–C) groups is 1. The minimum atomic E-state index is -0.520. The lowest BCUT2D eigenvalue weighted by atomic mass is 10.3. The Kier molecular flexibility index (Phi) is 2.27. The molecule has 0 bridgehead atoms. The van der Waals surface area contributed by atoms with Crippen molar-refractivity contribution in [3.8, 4) is 11.8 Å². The molecule has 1 aliphatic rings.